The molecule has 0 N–H and O–H groups in total. The SMILES string of the molecule is O=C(/C=C/c1ccc([N+](=O)[O-])cc1)N1CCCCC1C1OCCO1. The normalized spacial score (nSPS) is 22.2. The molecule has 0 aliphatic carbocycles. The number of rotatable bonds is 4. The summed E-state index contributed by atoms with van der Waals surface area (Å²) in [5.74, 6) is -0.0860. The molecule has 1 atom stereocenters. The van der Waals surface area contributed by atoms with Crippen molar-refractivity contribution >= 4 is 17.7 Å². The minimum absolute atomic E-state index is 0.0325. The number of carbonyl (C=O) groups is 1. The van der Waals surface area contributed by atoms with Gasteiger partial charge in [0, 0.05) is 24.8 Å². The van der Waals surface area contributed by atoms with E-state index in [0.717, 1.165) is 24.8 Å². The van der Waals surface area contributed by atoms with Crippen molar-refractivity contribution in [1.29, 1.82) is 0 Å². The van der Waals surface area contributed by atoms with Gasteiger partial charge in [0.1, 0.15) is 0 Å². The third-order valence-electron chi connectivity index (χ3n) is 4.32. The fraction of sp³-hybridized carbons (Fsp3) is 0.471. The molecule has 2 fully saturated rings. The van der Waals surface area contributed by atoms with Gasteiger partial charge in [-0.1, -0.05) is 0 Å². The molecule has 0 aromatic heterocycles. The van der Waals surface area contributed by atoms with Crippen LogP contribution in [0.2, 0.25) is 0 Å². The molecule has 2 aliphatic rings. The lowest BCUT2D eigenvalue weighted by atomic mass is 10.0. The summed E-state index contributed by atoms with van der Waals surface area (Å²) in [5, 5.41) is 10.6. The number of benzene rings is 1. The molecule has 0 saturated carbocycles. The molecular formula is C17H20N2O5. The van der Waals surface area contributed by atoms with E-state index in [0.29, 0.717) is 19.8 Å². The number of nitro groups is 1. The summed E-state index contributed by atoms with van der Waals surface area (Å²) in [6.45, 7) is 1.83. The van der Waals surface area contributed by atoms with E-state index in [4.69, 9.17) is 9.47 Å². The fourth-order valence-corrected chi connectivity index (χ4v) is 3.08. The Morgan fingerprint density at radius 2 is 1.92 bits per heavy atom. The number of likely N-dealkylation sites (tertiary alicyclic amines) is 1. The third-order valence-corrected chi connectivity index (χ3v) is 4.32. The van der Waals surface area contributed by atoms with Crippen molar-refractivity contribution in [2.75, 3.05) is 19.8 Å². The summed E-state index contributed by atoms with van der Waals surface area (Å²) in [4.78, 5) is 24.5. The molecule has 2 heterocycles. The standard InChI is InChI=1S/C17H20N2O5/c20-16(9-6-13-4-7-14(8-5-13)19(21)22)18-10-2-1-3-15(18)17-23-11-12-24-17/h4-9,15,17H,1-3,10-12H2/b9-6+. The Morgan fingerprint density at radius 3 is 2.58 bits per heavy atom. The van der Waals surface area contributed by atoms with Gasteiger partial charge in [-0.25, -0.2) is 0 Å². The first-order valence-corrected chi connectivity index (χ1v) is 8.11. The first-order chi connectivity index (χ1) is 11.6. The molecule has 1 aromatic carbocycles. The lowest BCUT2D eigenvalue weighted by Gasteiger charge is -2.37. The van der Waals surface area contributed by atoms with Gasteiger partial charge in [-0.3, -0.25) is 14.9 Å². The van der Waals surface area contributed by atoms with E-state index in [-0.39, 0.29) is 23.9 Å². The van der Waals surface area contributed by atoms with Crippen LogP contribution in [0, 0.1) is 10.1 Å². The molecular weight excluding hydrogens is 312 g/mol. The summed E-state index contributed by atoms with van der Waals surface area (Å²) >= 11 is 0. The Bertz CT molecular complexity index is 622. The van der Waals surface area contributed by atoms with E-state index in [2.05, 4.69) is 0 Å². The van der Waals surface area contributed by atoms with E-state index in [1.165, 1.54) is 18.2 Å². The van der Waals surface area contributed by atoms with Crippen LogP contribution >= 0.6 is 0 Å². The first kappa shape index (κ1) is 16.6. The highest BCUT2D eigenvalue weighted by Crippen LogP contribution is 2.25. The maximum Gasteiger partial charge on any atom is 0.269 e. The number of hydrogen-bond acceptors (Lipinski definition) is 5. The molecule has 1 unspecified atom stereocenters. The second-order valence-corrected chi connectivity index (χ2v) is 5.89. The van der Waals surface area contributed by atoms with Crippen molar-refractivity contribution in [3.63, 3.8) is 0 Å². The average molecular weight is 332 g/mol. The molecule has 24 heavy (non-hydrogen) atoms. The summed E-state index contributed by atoms with van der Waals surface area (Å²) in [5.41, 5.74) is 0.779. The zero-order valence-electron chi connectivity index (χ0n) is 13.3. The van der Waals surface area contributed by atoms with Crippen molar-refractivity contribution in [2.45, 2.75) is 31.6 Å². The Labute approximate surface area is 140 Å². The van der Waals surface area contributed by atoms with E-state index >= 15 is 0 Å². The number of carbonyl (C=O) groups excluding carboxylic acids is 1. The second-order valence-electron chi connectivity index (χ2n) is 5.89. The highest BCUT2D eigenvalue weighted by atomic mass is 16.7. The Kier molecular flexibility index (Phi) is 5.22. The van der Waals surface area contributed by atoms with Crippen molar-refractivity contribution in [3.8, 4) is 0 Å². The number of nitrogens with zero attached hydrogens (tertiary/aromatic N) is 2. The van der Waals surface area contributed by atoms with Crippen molar-refractivity contribution in [1.82, 2.24) is 4.90 Å². The zero-order chi connectivity index (χ0) is 16.9. The van der Waals surface area contributed by atoms with Crippen molar-refractivity contribution < 1.29 is 19.2 Å². The van der Waals surface area contributed by atoms with Gasteiger partial charge in [-0.15, -0.1) is 0 Å². The number of ether oxygens (including phenoxy) is 2. The van der Waals surface area contributed by atoms with E-state index in [1.807, 2.05) is 0 Å². The molecule has 3 rings (SSSR count). The molecule has 2 saturated heterocycles. The minimum Gasteiger partial charge on any atom is -0.348 e. The number of non-ortho nitro benzene ring substituents is 1. The van der Waals surface area contributed by atoms with Crippen molar-refractivity contribution in [3.05, 3.63) is 46.0 Å². The number of hydrogen-bond donors (Lipinski definition) is 0. The van der Waals surface area contributed by atoms with Gasteiger partial charge in [0.25, 0.3) is 5.69 Å². The van der Waals surface area contributed by atoms with E-state index < -0.39 is 4.92 Å². The lowest BCUT2D eigenvalue weighted by molar-refractivity contribution is -0.384. The monoisotopic (exact) mass is 332 g/mol. The lowest BCUT2D eigenvalue weighted by Crippen LogP contribution is -2.49. The van der Waals surface area contributed by atoms with Gasteiger partial charge in [0.2, 0.25) is 5.91 Å². The summed E-state index contributed by atoms with van der Waals surface area (Å²) in [6, 6.07) is 6.05. The Hall–Kier alpha value is -2.25. The van der Waals surface area contributed by atoms with Gasteiger partial charge >= 0.3 is 0 Å². The summed E-state index contributed by atoms with van der Waals surface area (Å²) in [6.07, 6.45) is 5.76. The molecule has 1 aromatic rings. The summed E-state index contributed by atoms with van der Waals surface area (Å²) < 4.78 is 11.1. The topological polar surface area (TPSA) is 81.9 Å². The maximum absolute atomic E-state index is 12.5. The number of nitro benzene ring substituents is 1. The Morgan fingerprint density at radius 1 is 1.21 bits per heavy atom. The number of piperidine rings is 1. The highest BCUT2D eigenvalue weighted by Gasteiger charge is 2.35. The molecule has 1 amide bonds. The molecule has 2 aliphatic heterocycles. The fourth-order valence-electron chi connectivity index (χ4n) is 3.08. The Balaban J connectivity index is 1.66. The van der Waals surface area contributed by atoms with Crippen LogP contribution in [0.4, 0.5) is 5.69 Å². The molecule has 0 bridgehead atoms. The van der Waals surface area contributed by atoms with Crippen LogP contribution in [0.1, 0.15) is 24.8 Å². The molecule has 0 spiro atoms. The van der Waals surface area contributed by atoms with Gasteiger partial charge < -0.3 is 14.4 Å². The number of amides is 1. The van der Waals surface area contributed by atoms with Crippen molar-refractivity contribution in [2.24, 2.45) is 0 Å². The minimum atomic E-state index is -0.446. The maximum atomic E-state index is 12.5. The average Bonchev–Trinajstić information content (AvgIpc) is 3.14. The van der Waals surface area contributed by atoms with Crippen LogP contribution in [0.3, 0.4) is 0 Å². The highest BCUT2D eigenvalue weighted by molar-refractivity contribution is 5.92. The third kappa shape index (κ3) is 3.80. The first-order valence-electron chi connectivity index (χ1n) is 8.11. The van der Waals surface area contributed by atoms with E-state index in [1.54, 1.807) is 23.1 Å². The van der Waals surface area contributed by atoms with Crippen LogP contribution in [0.15, 0.2) is 30.3 Å². The zero-order valence-corrected chi connectivity index (χ0v) is 13.3. The smallest absolute Gasteiger partial charge is 0.269 e. The molecule has 128 valence electrons. The van der Waals surface area contributed by atoms with Crippen LogP contribution < -0.4 is 0 Å². The predicted octanol–water partition coefficient (Wildman–Crippen LogP) is 2.36. The van der Waals surface area contributed by atoms with E-state index in [9.17, 15) is 14.9 Å². The summed E-state index contributed by atoms with van der Waals surface area (Å²) in [7, 11) is 0. The largest absolute Gasteiger partial charge is 0.348 e. The van der Waals surface area contributed by atoms with Gasteiger partial charge in [-0.2, -0.15) is 0 Å². The van der Waals surface area contributed by atoms with Crippen LogP contribution in [0.5, 0.6) is 0 Å². The van der Waals surface area contributed by atoms with Crippen LogP contribution in [-0.2, 0) is 14.3 Å². The quantitative estimate of drug-likeness (QED) is 0.480. The predicted molar refractivity (Wildman–Crippen MR) is 87.2 cm³/mol. The van der Waals surface area contributed by atoms with Gasteiger partial charge in [0.15, 0.2) is 6.29 Å². The molecule has 7 heteroatoms. The van der Waals surface area contributed by atoms with Gasteiger partial charge in [-0.05, 0) is 43.0 Å². The van der Waals surface area contributed by atoms with Crippen LogP contribution in [-0.4, -0.2) is 47.8 Å². The van der Waals surface area contributed by atoms with Crippen LogP contribution in [0.25, 0.3) is 6.08 Å². The molecule has 0 radical (unpaired) electrons. The second kappa shape index (κ2) is 7.55. The van der Waals surface area contributed by atoms with Gasteiger partial charge in [0.05, 0.1) is 24.2 Å². The molecule has 7 nitrogen and oxygen atoms in total.